The minimum Gasteiger partial charge on any atom is -0.497 e. The van der Waals surface area contributed by atoms with Crippen molar-refractivity contribution >= 4 is 17.7 Å². The summed E-state index contributed by atoms with van der Waals surface area (Å²) in [6.07, 6.45) is -1.36. The number of ether oxygens (including phenoxy) is 2. The molecule has 0 aromatic heterocycles. The second-order valence-corrected chi connectivity index (χ2v) is 3.94. The van der Waals surface area contributed by atoms with Crippen LogP contribution in [-0.4, -0.2) is 36.4 Å². The van der Waals surface area contributed by atoms with Crippen LogP contribution in [0.5, 0.6) is 5.75 Å². The molecule has 6 nitrogen and oxygen atoms in total. The number of carboxylic acid groups (broad SMARTS) is 1. The SMILES string of the molecule is COc1cccc(N2C(=O)OC(C)C2C(=O)O)c1. The first-order chi connectivity index (χ1) is 8.54. The van der Waals surface area contributed by atoms with Crippen LogP contribution in [0.25, 0.3) is 0 Å². The fourth-order valence-electron chi connectivity index (χ4n) is 1.94. The van der Waals surface area contributed by atoms with Crippen molar-refractivity contribution in [3.05, 3.63) is 24.3 Å². The average Bonchev–Trinajstić information content (AvgIpc) is 2.64. The second kappa shape index (κ2) is 4.56. The minimum atomic E-state index is -1.10. The highest BCUT2D eigenvalue weighted by molar-refractivity contribution is 5.98. The van der Waals surface area contributed by atoms with Gasteiger partial charge in [-0.25, -0.2) is 9.59 Å². The Bertz CT molecular complexity index is 487. The van der Waals surface area contributed by atoms with E-state index in [9.17, 15) is 9.59 Å². The lowest BCUT2D eigenvalue weighted by Crippen LogP contribution is -2.42. The molecule has 1 aromatic rings. The molecule has 0 spiro atoms. The molecule has 1 fully saturated rings. The summed E-state index contributed by atoms with van der Waals surface area (Å²) < 4.78 is 9.99. The van der Waals surface area contributed by atoms with Crippen LogP contribution in [0, 0.1) is 0 Å². The number of carboxylic acids is 1. The monoisotopic (exact) mass is 251 g/mol. The Hall–Kier alpha value is -2.24. The Morgan fingerprint density at radius 3 is 2.83 bits per heavy atom. The lowest BCUT2D eigenvalue weighted by atomic mass is 10.1. The fraction of sp³-hybridized carbons (Fsp3) is 0.333. The molecule has 1 amide bonds. The zero-order valence-corrected chi connectivity index (χ0v) is 9.99. The summed E-state index contributed by atoms with van der Waals surface area (Å²) in [7, 11) is 1.50. The molecule has 0 saturated carbocycles. The molecule has 1 N–H and O–H groups in total. The standard InChI is InChI=1S/C12H13NO5/c1-7-10(11(14)15)13(12(16)18-7)8-4-3-5-9(6-8)17-2/h3-7,10H,1-2H3,(H,14,15). The summed E-state index contributed by atoms with van der Waals surface area (Å²) in [4.78, 5) is 24.0. The van der Waals surface area contributed by atoms with Crippen molar-refractivity contribution in [1.82, 2.24) is 0 Å². The van der Waals surface area contributed by atoms with Gasteiger partial charge in [-0.05, 0) is 19.1 Å². The third-order valence-electron chi connectivity index (χ3n) is 2.79. The number of nitrogens with zero attached hydrogens (tertiary/aromatic N) is 1. The number of hydrogen-bond donors (Lipinski definition) is 1. The number of carbonyl (C=O) groups excluding carboxylic acids is 1. The summed E-state index contributed by atoms with van der Waals surface area (Å²) in [6, 6.07) is 5.60. The van der Waals surface area contributed by atoms with Crippen molar-refractivity contribution in [2.75, 3.05) is 12.0 Å². The Labute approximate surface area is 104 Å². The third-order valence-corrected chi connectivity index (χ3v) is 2.79. The summed E-state index contributed by atoms with van der Waals surface area (Å²) in [6.45, 7) is 1.55. The molecule has 18 heavy (non-hydrogen) atoms. The largest absolute Gasteiger partial charge is 0.497 e. The average molecular weight is 251 g/mol. The van der Waals surface area contributed by atoms with Crippen molar-refractivity contribution in [2.24, 2.45) is 0 Å². The molecular weight excluding hydrogens is 238 g/mol. The number of methoxy groups -OCH3 is 1. The Balaban J connectivity index is 2.40. The lowest BCUT2D eigenvalue weighted by Gasteiger charge is -2.19. The highest BCUT2D eigenvalue weighted by Gasteiger charge is 2.45. The van der Waals surface area contributed by atoms with E-state index in [2.05, 4.69) is 0 Å². The van der Waals surface area contributed by atoms with E-state index in [-0.39, 0.29) is 0 Å². The van der Waals surface area contributed by atoms with Gasteiger partial charge < -0.3 is 14.6 Å². The maximum absolute atomic E-state index is 11.7. The molecule has 1 aliphatic heterocycles. The Morgan fingerprint density at radius 1 is 1.50 bits per heavy atom. The predicted octanol–water partition coefficient (Wildman–Crippen LogP) is 1.49. The highest BCUT2D eigenvalue weighted by Crippen LogP contribution is 2.29. The summed E-state index contributed by atoms with van der Waals surface area (Å²) in [5, 5.41) is 9.15. The first-order valence-corrected chi connectivity index (χ1v) is 5.41. The lowest BCUT2D eigenvalue weighted by molar-refractivity contribution is -0.139. The molecule has 2 rings (SSSR count). The van der Waals surface area contributed by atoms with Gasteiger partial charge in [0.15, 0.2) is 6.04 Å². The number of hydrogen-bond acceptors (Lipinski definition) is 4. The van der Waals surface area contributed by atoms with E-state index in [0.29, 0.717) is 11.4 Å². The van der Waals surface area contributed by atoms with E-state index in [1.165, 1.54) is 7.11 Å². The van der Waals surface area contributed by atoms with Gasteiger partial charge in [0.2, 0.25) is 0 Å². The molecule has 0 radical (unpaired) electrons. The zero-order valence-electron chi connectivity index (χ0n) is 9.99. The van der Waals surface area contributed by atoms with Gasteiger partial charge in [-0.15, -0.1) is 0 Å². The summed E-state index contributed by atoms with van der Waals surface area (Å²) >= 11 is 0. The number of amides is 1. The van der Waals surface area contributed by atoms with Crippen LogP contribution in [0.1, 0.15) is 6.92 Å². The fourth-order valence-corrected chi connectivity index (χ4v) is 1.94. The van der Waals surface area contributed by atoms with E-state index in [1.54, 1.807) is 31.2 Å². The first kappa shape index (κ1) is 12.2. The van der Waals surface area contributed by atoms with Gasteiger partial charge in [0.1, 0.15) is 11.9 Å². The topological polar surface area (TPSA) is 76.1 Å². The van der Waals surface area contributed by atoms with Gasteiger partial charge in [0.25, 0.3) is 0 Å². The normalized spacial score (nSPS) is 22.8. The number of anilines is 1. The van der Waals surface area contributed by atoms with Crippen LogP contribution in [0.4, 0.5) is 10.5 Å². The van der Waals surface area contributed by atoms with E-state index in [4.69, 9.17) is 14.6 Å². The van der Waals surface area contributed by atoms with Crippen molar-refractivity contribution in [2.45, 2.75) is 19.1 Å². The maximum atomic E-state index is 11.7. The zero-order chi connectivity index (χ0) is 13.3. The molecule has 1 saturated heterocycles. The molecule has 2 atom stereocenters. The Kier molecular flexibility index (Phi) is 3.10. The number of benzene rings is 1. The molecule has 0 aliphatic carbocycles. The van der Waals surface area contributed by atoms with Crippen molar-refractivity contribution in [3.63, 3.8) is 0 Å². The van der Waals surface area contributed by atoms with Gasteiger partial charge in [0, 0.05) is 6.07 Å². The van der Waals surface area contributed by atoms with E-state index in [0.717, 1.165) is 4.90 Å². The van der Waals surface area contributed by atoms with Crippen LogP contribution in [0.3, 0.4) is 0 Å². The van der Waals surface area contributed by atoms with E-state index >= 15 is 0 Å². The number of cyclic esters (lactones) is 1. The minimum absolute atomic E-state index is 0.441. The van der Waals surface area contributed by atoms with Crippen LogP contribution >= 0.6 is 0 Å². The first-order valence-electron chi connectivity index (χ1n) is 5.41. The molecular formula is C12H13NO5. The quantitative estimate of drug-likeness (QED) is 0.880. The van der Waals surface area contributed by atoms with Crippen LogP contribution < -0.4 is 9.64 Å². The molecule has 1 aliphatic rings. The van der Waals surface area contributed by atoms with Crippen LogP contribution in [-0.2, 0) is 9.53 Å². The van der Waals surface area contributed by atoms with Gasteiger partial charge >= 0.3 is 12.1 Å². The molecule has 1 aromatic carbocycles. The smallest absolute Gasteiger partial charge is 0.415 e. The maximum Gasteiger partial charge on any atom is 0.415 e. The highest BCUT2D eigenvalue weighted by atomic mass is 16.6. The number of aliphatic carboxylic acids is 1. The third kappa shape index (κ3) is 1.97. The van der Waals surface area contributed by atoms with Crippen molar-refractivity contribution in [3.8, 4) is 5.75 Å². The molecule has 6 heteroatoms. The number of rotatable bonds is 3. The number of carbonyl (C=O) groups is 2. The van der Waals surface area contributed by atoms with Gasteiger partial charge in [-0.1, -0.05) is 6.07 Å². The molecule has 1 heterocycles. The second-order valence-electron chi connectivity index (χ2n) is 3.94. The van der Waals surface area contributed by atoms with Gasteiger partial charge in [-0.3, -0.25) is 4.90 Å². The van der Waals surface area contributed by atoms with E-state index < -0.39 is 24.2 Å². The molecule has 2 unspecified atom stereocenters. The van der Waals surface area contributed by atoms with Gasteiger partial charge in [0.05, 0.1) is 12.8 Å². The van der Waals surface area contributed by atoms with Crippen LogP contribution in [0.15, 0.2) is 24.3 Å². The van der Waals surface area contributed by atoms with Gasteiger partial charge in [-0.2, -0.15) is 0 Å². The molecule has 0 bridgehead atoms. The van der Waals surface area contributed by atoms with Crippen molar-refractivity contribution < 1.29 is 24.2 Å². The summed E-state index contributed by atoms with van der Waals surface area (Å²) in [5.74, 6) is -0.555. The van der Waals surface area contributed by atoms with E-state index in [1.807, 2.05) is 0 Å². The molecule has 96 valence electrons. The van der Waals surface area contributed by atoms with Crippen LogP contribution in [0.2, 0.25) is 0 Å². The Morgan fingerprint density at radius 2 is 2.22 bits per heavy atom. The van der Waals surface area contributed by atoms with Crippen molar-refractivity contribution in [1.29, 1.82) is 0 Å². The summed E-state index contributed by atoms with van der Waals surface area (Å²) in [5.41, 5.74) is 0.441. The predicted molar refractivity (Wildman–Crippen MR) is 62.8 cm³/mol.